The molecule has 1 atom stereocenters. The summed E-state index contributed by atoms with van der Waals surface area (Å²) < 4.78 is 4.95. The van der Waals surface area contributed by atoms with Gasteiger partial charge in [-0.1, -0.05) is 13.3 Å². The van der Waals surface area contributed by atoms with E-state index in [0.717, 1.165) is 6.61 Å². The summed E-state index contributed by atoms with van der Waals surface area (Å²) in [6, 6.07) is 0. The van der Waals surface area contributed by atoms with E-state index in [2.05, 4.69) is 6.92 Å². The first kappa shape index (κ1) is 4.13. The molecule has 1 fully saturated rings. The fraction of sp³-hybridized carbons (Fsp3) is 1.00. The summed E-state index contributed by atoms with van der Waals surface area (Å²) in [6.07, 6.45) is 3.18. The number of hydrogen-bond acceptors (Lipinski definition) is 1. The molecule has 0 aromatic rings. The van der Waals surface area contributed by atoms with Gasteiger partial charge in [-0.2, -0.15) is 0 Å². The van der Waals surface area contributed by atoms with E-state index in [-0.39, 0.29) is 0 Å². The van der Waals surface area contributed by atoms with Crippen LogP contribution in [0, 0.1) is 0 Å². The van der Waals surface area contributed by atoms with E-state index < -0.39 is 0 Å². The highest BCUT2D eigenvalue weighted by Gasteiger charge is 2.19. The topological polar surface area (TPSA) is 12.5 Å². The Morgan fingerprint density at radius 1 is 1.83 bits per heavy atom. The Morgan fingerprint density at radius 3 is 2.67 bits per heavy atom. The van der Waals surface area contributed by atoms with Crippen molar-refractivity contribution in [2.45, 2.75) is 25.9 Å². The van der Waals surface area contributed by atoms with Gasteiger partial charge in [0.25, 0.3) is 0 Å². The van der Waals surface area contributed by atoms with Gasteiger partial charge >= 0.3 is 0 Å². The SMILES string of the molecule is CCC[C@@H]1CO1. The third-order valence-electron chi connectivity index (χ3n) is 1.01. The molecule has 1 heteroatoms. The first-order chi connectivity index (χ1) is 2.93. The van der Waals surface area contributed by atoms with Crippen LogP contribution in [0.5, 0.6) is 0 Å². The van der Waals surface area contributed by atoms with Crippen LogP contribution in [0.3, 0.4) is 0 Å². The van der Waals surface area contributed by atoms with Crippen molar-refractivity contribution in [1.82, 2.24) is 0 Å². The smallest absolute Gasteiger partial charge is 0.0809 e. The van der Waals surface area contributed by atoms with Crippen LogP contribution in [0.1, 0.15) is 19.8 Å². The zero-order valence-corrected chi connectivity index (χ0v) is 4.11. The lowest BCUT2D eigenvalue weighted by atomic mass is 10.3. The highest BCUT2D eigenvalue weighted by atomic mass is 16.6. The quantitative estimate of drug-likeness (QED) is 0.460. The van der Waals surface area contributed by atoms with Crippen molar-refractivity contribution in [2.24, 2.45) is 0 Å². The third-order valence-corrected chi connectivity index (χ3v) is 1.01. The molecule has 0 radical (unpaired) electrons. The highest BCUT2D eigenvalue weighted by molar-refractivity contribution is 4.66. The predicted molar refractivity (Wildman–Crippen MR) is 24.6 cm³/mol. The summed E-state index contributed by atoms with van der Waals surface area (Å²) in [5, 5.41) is 0. The van der Waals surface area contributed by atoms with Gasteiger partial charge in [0, 0.05) is 0 Å². The Balaban J connectivity index is 1.88. The molecule has 1 aliphatic rings. The summed E-state index contributed by atoms with van der Waals surface area (Å²) in [7, 11) is 0. The predicted octanol–water partition coefficient (Wildman–Crippen LogP) is 1.19. The van der Waals surface area contributed by atoms with Crippen molar-refractivity contribution in [2.75, 3.05) is 6.61 Å². The number of epoxide rings is 1. The average Bonchev–Trinajstić information content (AvgIpc) is 2.21. The molecule has 0 aliphatic carbocycles. The van der Waals surface area contributed by atoms with Crippen LogP contribution in [-0.2, 0) is 4.74 Å². The molecular weight excluding hydrogens is 76.1 g/mol. The molecule has 1 heterocycles. The molecule has 1 rings (SSSR count). The molecule has 0 unspecified atom stereocenters. The summed E-state index contributed by atoms with van der Waals surface area (Å²) in [4.78, 5) is 0. The van der Waals surface area contributed by atoms with Gasteiger partial charge in [-0.05, 0) is 6.42 Å². The molecule has 0 saturated carbocycles. The minimum atomic E-state index is 0.648. The minimum Gasteiger partial charge on any atom is -0.373 e. The molecule has 0 N–H and O–H groups in total. The van der Waals surface area contributed by atoms with Crippen molar-refractivity contribution in [1.29, 1.82) is 0 Å². The molecule has 6 heavy (non-hydrogen) atoms. The van der Waals surface area contributed by atoms with Gasteiger partial charge in [0.1, 0.15) is 0 Å². The summed E-state index contributed by atoms with van der Waals surface area (Å²) in [6.45, 7) is 3.20. The van der Waals surface area contributed by atoms with Crippen LogP contribution in [0.2, 0.25) is 0 Å². The average molecular weight is 86.1 g/mol. The molecule has 0 aromatic heterocycles. The van der Waals surface area contributed by atoms with Crippen molar-refractivity contribution in [3.8, 4) is 0 Å². The van der Waals surface area contributed by atoms with E-state index in [9.17, 15) is 0 Å². The van der Waals surface area contributed by atoms with Crippen molar-refractivity contribution >= 4 is 0 Å². The van der Waals surface area contributed by atoms with Crippen molar-refractivity contribution in [3.05, 3.63) is 0 Å². The first-order valence-corrected chi connectivity index (χ1v) is 2.55. The van der Waals surface area contributed by atoms with Crippen molar-refractivity contribution < 1.29 is 4.74 Å². The number of ether oxygens (including phenoxy) is 1. The highest BCUT2D eigenvalue weighted by Crippen LogP contribution is 2.14. The van der Waals surface area contributed by atoms with E-state index >= 15 is 0 Å². The van der Waals surface area contributed by atoms with Gasteiger partial charge in [0.15, 0.2) is 0 Å². The Hall–Kier alpha value is -0.0400. The fourth-order valence-electron chi connectivity index (χ4n) is 0.557. The Morgan fingerprint density at radius 2 is 2.50 bits per heavy atom. The minimum absolute atomic E-state index is 0.648. The monoisotopic (exact) mass is 86.1 g/mol. The second kappa shape index (κ2) is 1.61. The first-order valence-electron chi connectivity index (χ1n) is 2.55. The molecule has 1 saturated heterocycles. The molecule has 0 spiro atoms. The molecule has 0 amide bonds. The molecule has 36 valence electrons. The van der Waals surface area contributed by atoms with E-state index in [1.54, 1.807) is 0 Å². The summed E-state index contributed by atoms with van der Waals surface area (Å²) in [5.74, 6) is 0. The molecule has 1 nitrogen and oxygen atoms in total. The number of hydrogen-bond donors (Lipinski definition) is 0. The van der Waals surface area contributed by atoms with Gasteiger partial charge in [0.05, 0.1) is 12.7 Å². The largest absolute Gasteiger partial charge is 0.373 e. The van der Waals surface area contributed by atoms with Crippen LogP contribution in [0.15, 0.2) is 0 Å². The lowest BCUT2D eigenvalue weighted by Gasteiger charge is -1.79. The zero-order valence-electron chi connectivity index (χ0n) is 4.11. The lowest BCUT2D eigenvalue weighted by molar-refractivity contribution is 0.395. The molecule has 1 aliphatic heterocycles. The zero-order chi connectivity index (χ0) is 4.41. The van der Waals surface area contributed by atoms with Gasteiger partial charge in [-0.25, -0.2) is 0 Å². The van der Waals surface area contributed by atoms with Crippen LogP contribution >= 0.6 is 0 Å². The van der Waals surface area contributed by atoms with Crippen molar-refractivity contribution in [3.63, 3.8) is 0 Å². The maximum Gasteiger partial charge on any atom is 0.0809 e. The Labute approximate surface area is 38.3 Å². The number of rotatable bonds is 2. The Kier molecular flexibility index (Phi) is 1.10. The maximum atomic E-state index is 4.95. The van der Waals surface area contributed by atoms with Crippen LogP contribution in [-0.4, -0.2) is 12.7 Å². The Bertz CT molecular complexity index is 39.2. The molecule has 0 aromatic carbocycles. The normalized spacial score (nSPS) is 30.5. The second-order valence-electron chi connectivity index (χ2n) is 1.74. The fourth-order valence-corrected chi connectivity index (χ4v) is 0.557. The summed E-state index contributed by atoms with van der Waals surface area (Å²) in [5.41, 5.74) is 0. The van der Waals surface area contributed by atoms with E-state index in [0.29, 0.717) is 6.10 Å². The standard InChI is InChI=1S/C5H10O/c1-2-3-5-4-6-5/h5H,2-4H2,1H3/t5-/m1/s1. The summed E-state index contributed by atoms with van der Waals surface area (Å²) >= 11 is 0. The van der Waals surface area contributed by atoms with Gasteiger partial charge in [-0.15, -0.1) is 0 Å². The van der Waals surface area contributed by atoms with Gasteiger partial charge in [0.2, 0.25) is 0 Å². The second-order valence-corrected chi connectivity index (χ2v) is 1.74. The van der Waals surface area contributed by atoms with Gasteiger partial charge in [-0.3, -0.25) is 0 Å². The lowest BCUT2D eigenvalue weighted by Crippen LogP contribution is -1.78. The van der Waals surface area contributed by atoms with Crippen LogP contribution < -0.4 is 0 Å². The van der Waals surface area contributed by atoms with Crippen LogP contribution in [0.4, 0.5) is 0 Å². The molecular formula is C5H10O. The van der Waals surface area contributed by atoms with Crippen LogP contribution in [0.25, 0.3) is 0 Å². The molecule has 0 bridgehead atoms. The van der Waals surface area contributed by atoms with E-state index in [1.165, 1.54) is 12.8 Å². The third kappa shape index (κ3) is 0.977. The maximum absolute atomic E-state index is 4.95. The van der Waals surface area contributed by atoms with E-state index in [4.69, 9.17) is 4.74 Å². The van der Waals surface area contributed by atoms with Gasteiger partial charge < -0.3 is 4.74 Å². The van der Waals surface area contributed by atoms with E-state index in [1.807, 2.05) is 0 Å².